The molecule has 1 aromatic carbocycles. The van der Waals surface area contributed by atoms with E-state index in [-0.39, 0.29) is 5.25 Å². The van der Waals surface area contributed by atoms with Crippen LogP contribution in [0.5, 0.6) is 0 Å². The minimum atomic E-state index is -0.736. The molecule has 1 aromatic heterocycles. The van der Waals surface area contributed by atoms with Gasteiger partial charge >= 0.3 is 0 Å². The Kier molecular flexibility index (Phi) is 4.71. The van der Waals surface area contributed by atoms with Crippen LogP contribution in [0.2, 0.25) is 0 Å². The quantitative estimate of drug-likeness (QED) is 0.821. The predicted octanol–water partition coefficient (Wildman–Crippen LogP) is 1.82. The predicted molar refractivity (Wildman–Crippen MR) is 80.6 cm³/mol. The van der Waals surface area contributed by atoms with Crippen molar-refractivity contribution in [2.75, 3.05) is 12.8 Å². The van der Waals surface area contributed by atoms with Crippen LogP contribution in [0.15, 0.2) is 24.3 Å². The van der Waals surface area contributed by atoms with Crippen molar-refractivity contribution in [3.63, 3.8) is 0 Å². The van der Waals surface area contributed by atoms with E-state index in [1.54, 1.807) is 6.26 Å². The number of hydrogen-bond acceptors (Lipinski definition) is 3. The largest absolute Gasteiger partial charge is 0.311 e. The second-order valence-electron chi connectivity index (χ2n) is 4.86. The summed E-state index contributed by atoms with van der Waals surface area (Å²) in [4.78, 5) is 0. The zero-order chi connectivity index (χ0) is 13.8. The third-order valence-corrected chi connectivity index (χ3v) is 4.79. The number of nitrogens with zero attached hydrogens (tertiary/aromatic N) is 2. The molecule has 0 fully saturated rings. The molecule has 2 rings (SSSR count). The van der Waals surface area contributed by atoms with Crippen LogP contribution in [-0.4, -0.2) is 32.0 Å². The van der Waals surface area contributed by atoms with E-state index in [1.165, 1.54) is 5.39 Å². The number of aromatic nitrogens is 2. The van der Waals surface area contributed by atoms with E-state index in [9.17, 15) is 4.21 Å². The van der Waals surface area contributed by atoms with Gasteiger partial charge in [-0.2, -0.15) is 5.10 Å². The molecular formula is C14H21N3OS. The number of fused-ring (bicyclic) bond motifs is 1. The molecule has 0 amide bonds. The SMILES string of the molecule is CC(CCNCc1nn(C)c2ccccc12)S(C)=O. The first-order valence-corrected chi connectivity index (χ1v) is 8.15. The summed E-state index contributed by atoms with van der Waals surface area (Å²) in [5, 5.41) is 9.36. The molecule has 0 aliphatic heterocycles. The number of para-hydroxylation sites is 1. The van der Waals surface area contributed by atoms with Crippen LogP contribution in [0.25, 0.3) is 10.9 Å². The Balaban J connectivity index is 1.93. The van der Waals surface area contributed by atoms with Crippen LogP contribution >= 0.6 is 0 Å². The number of benzene rings is 1. The highest BCUT2D eigenvalue weighted by molar-refractivity contribution is 7.84. The van der Waals surface area contributed by atoms with Gasteiger partial charge in [-0.15, -0.1) is 0 Å². The number of aryl methyl sites for hydroxylation is 1. The Morgan fingerprint density at radius 3 is 2.89 bits per heavy atom. The van der Waals surface area contributed by atoms with Gasteiger partial charge in [0.15, 0.2) is 0 Å². The van der Waals surface area contributed by atoms with E-state index in [0.717, 1.165) is 30.7 Å². The van der Waals surface area contributed by atoms with Crippen molar-refractivity contribution in [2.24, 2.45) is 7.05 Å². The van der Waals surface area contributed by atoms with Gasteiger partial charge in [0.25, 0.3) is 0 Å². The highest BCUT2D eigenvalue weighted by atomic mass is 32.2. The summed E-state index contributed by atoms with van der Waals surface area (Å²) < 4.78 is 13.2. The maximum atomic E-state index is 11.3. The van der Waals surface area contributed by atoms with Gasteiger partial charge in [-0.05, 0) is 19.0 Å². The van der Waals surface area contributed by atoms with Crippen LogP contribution < -0.4 is 5.32 Å². The van der Waals surface area contributed by atoms with Gasteiger partial charge < -0.3 is 5.32 Å². The van der Waals surface area contributed by atoms with Gasteiger partial charge in [-0.1, -0.05) is 25.1 Å². The lowest BCUT2D eigenvalue weighted by Gasteiger charge is -2.08. The molecule has 2 aromatic rings. The van der Waals surface area contributed by atoms with Crippen LogP contribution in [0.4, 0.5) is 0 Å². The molecule has 1 N–H and O–H groups in total. The van der Waals surface area contributed by atoms with Gasteiger partial charge in [0, 0.05) is 41.3 Å². The molecule has 0 bridgehead atoms. The highest BCUT2D eigenvalue weighted by Gasteiger charge is 2.08. The van der Waals surface area contributed by atoms with Crippen molar-refractivity contribution < 1.29 is 4.21 Å². The summed E-state index contributed by atoms with van der Waals surface area (Å²) in [6.07, 6.45) is 2.69. The summed E-state index contributed by atoms with van der Waals surface area (Å²) >= 11 is 0. The Morgan fingerprint density at radius 1 is 1.42 bits per heavy atom. The first kappa shape index (κ1) is 14.2. The number of nitrogens with one attached hydrogen (secondary N) is 1. The van der Waals surface area contributed by atoms with Crippen molar-refractivity contribution in [1.82, 2.24) is 15.1 Å². The third kappa shape index (κ3) is 3.42. The standard InChI is InChI=1S/C14H21N3OS/c1-11(19(3)18)8-9-15-10-13-12-6-4-5-7-14(12)17(2)16-13/h4-7,11,15H,8-10H2,1-3H3. The molecule has 0 spiro atoms. The first-order chi connectivity index (χ1) is 9.09. The Labute approximate surface area is 116 Å². The van der Waals surface area contributed by atoms with Crippen LogP contribution in [0.1, 0.15) is 19.0 Å². The molecule has 1 heterocycles. The molecule has 0 aliphatic carbocycles. The van der Waals surface area contributed by atoms with Crippen LogP contribution in [-0.2, 0) is 24.4 Å². The van der Waals surface area contributed by atoms with E-state index in [4.69, 9.17) is 0 Å². The summed E-state index contributed by atoms with van der Waals surface area (Å²) in [5.41, 5.74) is 2.23. The molecule has 0 saturated carbocycles. The van der Waals surface area contributed by atoms with E-state index in [2.05, 4.69) is 22.5 Å². The van der Waals surface area contributed by atoms with Gasteiger partial charge in [0.2, 0.25) is 0 Å². The lowest BCUT2D eigenvalue weighted by Crippen LogP contribution is -2.21. The lowest BCUT2D eigenvalue weighted by atomic mass is 10.2. The average Bonchev–Trinajstić information content (AvgIpc) is 2.72. The lowest BCUT2D eigenvalue weighted by molar-refractivity contribution is 0.618. The minimum Gasteiger partial charge on any atom is -0.311 e. The first-order valence-electron chi connectivity index (χ1n) is 6.53. The number of rotatable bonds is 6. The van der Waals surface area contributed by atoms with E-state index in [1.807, 2.05) is 30.8 Å². The smallest absolute Gasteiger partial charge is 0.0841 e. The summed E-state index contributed by atoms with van der Waals surface area (Å²) in [5.74, 6) is 0. The van der Waals surface area contributed by atoms with Gasteiger partial charge in [0.1, 0.15) is 0 Å². The molecule has 2 unspecified atom stereocenters. The van der Waals surface area contributed by atoms with E-state index >= 15 is 0 Å². The second-order valence-corrected chi connectivity index (χ2v) is 6.66. The van der Waals surface area contributed by atoms with Gasteiger partial charge in [-0.25, -0.2) is 0 Å². The molecule has 0 saturated heterocycles. The molecule has 5 heteroatoms. The van der Waals surface area contributed by atoms with Gasteiger partial charge in [-0.3, -0.25) is 8.89 Å². The maximum Gasteiger partial charge on any atom is 0.0841 e. The Hall–Kier alpha value is -1.20. The number of hydrogen-bond donors (Lipinski definition) is 1. The average molecular weight is 279 g/mol. The molecule has 0 aliphatic rings. The Morgan fingerprint density at radius 2 is 2.16 bits per heavy atom. The zero-order valence-corrected chi connectivity index (χ0v) is 12.5. The molecule has 0 radical (unpaired) electrons. The monoisotopic (exact) mass is 279 g/mol. The molecule has 104 valence electrons. The molecule has 2 atom stereocenters. The van der Waals surface area contributed by atoms with Crippen LogP contribution in [0.3, 0.4) is 0 Å². The van der Waals surface area contributed by atoms with Crippen molar-refractivity contribution in [1.29, 1.82) is 0 Å². The van der Waals surface area contributed by atoms with E-state index in [0.29, 0.717) is 0 Å². The highest BCUT2D eigenvalue weighted by Crippen LogP contribution is 2.16. The van der Waals surface area contributed by atoms with Crippen molar-refractivity contribution in [3.8, 4) is 0 Å². The van der Waals surface area contributed by atoms with Crippen molar-refractivity contribution >= 4 is 21.7 Å². The normalized spacial score (nSPS) is 14.7. The topological polar surface area (TPSA) is 46.9 Å². The summed E-state index contributed by atoms with van der Waals surface area (Å²) in [7, 11) is 1.23. The van der Waals surface area contributed by atoms with Crippen molar-refractivity contribution in [3.05, 3.63) is 30.0 Å². The third-order valence-electron chi connectivity index (χ3n) is 3.42. The minimum absolute atomic E-state index is 0.243. The Bertz CT molecular complexity index is 579. The summed E-state index contributed by atoms with van der Waals surface area (Å²) in [6.45, 7) is 3.64. The maximum absolute atomic E-state index is 11.3. The second kappa shape index (κ2) is 6.30. The van der Waals surface area contributed by atoms with Crippen LogP contribution in [0, 0.1) is 0 Å². The van der Waals surface area contributed by atoms with Gasteiger partial charge in [0.05, 0.1) is 11.2 Å². The van der Waals surface area contributed by atoms with Crippen molar-refractivity contribution in [2.45, 2.75) is 25.1 Å². The van der Waals surface area contributed by atoms with E-state index < -0.39 is 10.8 Å². The summed E-state index contributed by atoms with van der Waals surface area (Å²) in [6, 6.07) is 8.24. The fraction of sp³-hybridized carbons (Fsp3) is 0.500. The molecule has 4 nitrogen and oxygen atoms in total. The molecule has 19 heavy (non-hydrogen) atoms. The fourth-order valence-electron chi connectivity index (χ4n) is 2.10. The molecular weight excluding hydrogens is 258 g/mol. The zero-order valence-electron chi connectivity index (χ0n) is 11.7. The fourth-order valence-corrected chi connectivity index (χ4v) is 2.55.